The summed E-state index contributed by atoms with van der Waals surface area (Å²) in [6.45, 7) is 6.34. The second-order valence-electron chi connectivity index (χ2n) is 11.6. The van der Waals surface area contributed by atoms with Crippen LogP contribution in [0.15, 0.2) is 77.7 Å². The second kappa shape index (κ2) is 10.9. The molecule has 39 heavy (non-hydrogen) atoms. The van der Waals surface area contributed by atoms with Gasteiger partial charge in [-0.25, -0.2) is 13.1 Å². The second-order valence-corrected chi connectivity index (χ2v) is 15.5. The highest BCUT2D eigenvalue weighted by molar-refractivity contribution is 7.91. The van der Waals surface area contributed by atoms with Gasteiger partial charge in [-0.15, -0.1) is 4.72 Å². The maximum atomic E-state index is 13.7. The van der Waals surface area contributed by atoms with E-state index in [1.54, 1.807) is 12.1 Å². The maximum absolute atomic E-state index is 13.7. The fraction of sp³-hybridized carbons (Fsp3) is 0.419. The molecule has 0 radical (unpaired) electrons. The van der Waals surface area contributed by atoms with Gasteiger partial charge in [-0.3, -0.25) is 0 Å². The number of fused-ring (bicyclic) bond motifs is 3. The van der Waals surface area contributed by atoms with Gasteiger partial charge in [0.25, 0.3) is 0 Å². The van der Waals surface area contributed by atoms with Gasteiger partial charge in [0.2, 0.25) is 10.0 Å². The Hall–Kier alpha value is -2.36. The van der Waals surface area contributed by atoms with Gasteiger partial charge in [0.15, 0.2) is 0 Å². The molecule has 1 saturated carbocycles. The Labute approximate surface area is 235 Å². The molecule has 4 atom stereocenters. The first-order chi connectivity index (χ1) is 18.5. The zero-order valence-corrected chi connectivity index (χ0v) is 24.7. The fourth-order valence-corrected chi connectivity index (χ4v) is 8.25. The molecule has 3 aromatic rings. The molecular weight excluding hydrogens is 528 g/mol. The van der Waals surface area contributed by atoms with Crippen LogP contribution >= 0.6 is 0 Å². The van der Waals surface area contributed by atoms with Crippen molar-refractivity contribution in [1.82, 2.24) is 9.44 Å². The van der Waals surface area contributed by atoms with Gasteiger partial charge in [0.05, 0.1) is 10.4 Å². The number of hydrogen-bond donors (Lipinski definition) is 2. The van der Waals surface area contributed by atoms with E-state index in [1.165, 1.54) is 18.2 Å². The highest BCUT2D eigenvalue weighted by atomic mass is 32.2. The van der Waals surface area contributed by atoms with Crippen LogP contribution in [0, 0.1) is 11.8 Å². The molecule has 1 fully saturated rings. The van der Waals surface area contributed by atoms with Crippen molar-refractivity contribution in [2.45, 2.75) is 68.2 Å². The lowest BCUT2D eigenvalue weighted by molar-refractivity contribution is 0.219. The smallest absolute Gasteiger partial charge is 0.240 e. The third-order valence-corrected chi connectivity index (χ3v) is 11.3. The molecule has 0 aliphatic heterocycles. The summed E-state index contributed by atoms with van der Waals surface area (Å²) in [5.74, 6) is 0.970. The predicted octanol–water partition coefficient (Wildman–Crippen LogP) is 5.25. The molecule has 0 amide bonds. The molecule has 5 rings (SSSR count). The Morgan fingerprint density at radius 1 is 0.949 bits per heavy atom. The molecule has 8 heteroatoms. The number of sulfonamides is 1. The molecule has 2 bridgehead atoms. The summed E-state index contributed by atoms with van der Waals surface area (Å²) in [5.41, 5.74) is 3.52. The van der Waals surface area contributed by atoms with Crippen molar-refractivity contribution >= 4 is 21.4 Å². The van der Waals surface area contributed by atoms with Gasteiger partial charge >= 0.3 is 0 Å². The zero-order chi connectivity index (χ0) is 27.8. The first-order valence-corrected chi connectivity index (χ1v) is 16.2. The van der Waals surface area contributed by atoms with E-state index in [9.17, 15) is 13.0 Å². The summed E-state index contributed by atoms with van der Waals surface area (Å²) in [4.78, 5) is 0.251. The molecule has 6 nitrogen and oxygen atoms in total. The average molecular weight is 567 g/mol. The lowest BCUT2D eigenvalue weighted by Crippen LogP contribution is -2.57. The van der Waals surface area contributed by atoms with Gasteiger partial charge in [-0.05, 0) is 106 Å². The Bertz CT molecular complexity index is 1420. The minimum atomic E-state index is -3.74. The van der Waals surface area contributed by atoms with Crippen LogP contribution in [0.4, 0.5) is 0 Å². The number of rotatable bonds is 8. The molecular formula is C31H38N2O4S2. The molecule has 3 aromatic carbocycles. The van der Waals surface area contributed by atoms with Crippen molar-refractivity contribution in [2.75, 3.05) is 7.05 Å². The van der Waals surface area contributed by atoms with Crippen LogP contribution in [-0.4, -0.2) is 24.8 Å². The number of nitrogens with one attached hydrogen (secondary N) is 2. The summed E-state index contributed by atoms with van der Waals surface area (Å²) in [6.07, 6.45) is 3.36. The molecule has 0 aromatic heterocycles. The average Bonchev–Trinajstić information content (AvgIpc) is 3.17. The maximum Gasteiger partial charge on any atom is 0.240 e. The Morgan fingerprint density at radius 3 is 2.26 bits per heavy atom. The number of benzene rings is 3. The SMILES string of the molecule is CNS(=O)(=O)c1ccccc1[C@]1(N[S+]([O-])C(C)(C)C)[C@@H]2CC[C@H]1Cc1ccc(OCc3ccccc3)cc1C2. The largest absolute Gasteiger partial charge is 0.598 e. The minimum Gasteiger partial charge on any atom is -0.598 e. The third kappa shape index (κ3) is 5.50. The molecule has 208 valence electrons. The number of ether oxygens (including phenoxy) is 1. The zero-order valence-electron chi connectivity index (χ0n) is 23.1. The van der Waals surface area contributed by atoms with E-state index < -0.39 is 31.7 Å². The van der Waals surface area contributed by atoms with E-state index in [2.05, 4.69) is 33.7 Å². The van der Waals surface area contributed by atoms with Crippen molar-refractivity contribution in [3.63, 3.8) is 0 Å². The molecule has 2 aliphatic rings. The van der Waals surface area contributed by atoms with E-state index in [0.29, 0.717) is 12.2 Å². The van der Waals surface area contributed by atoms with Crippen LogP contribution in [-0.2, 0) is 46.4 Å². The summed E-state index contributed by atoms with van der Waals surface area (Å²) in [7, 11) is -2.30. The standard InChI is InChI=1S/C31H38N2O4S2/c1-30(2,3)38(34)33-31(28-12-8-9-13-29(28)39(35,36)32-4)25-15-16-26(31)19-24-20-27(17-14-23(24)18-25)37-21-22-10-6-5-7-11-22/h5-14,17,20,25-26,32-33H,15-16,18-19,21H2,1-4H3/t25-,26+,31+,38?/m0/s1. The quantitative estimate of drug-likeness (QED) is 0.364. The highest BCUT2D eigenvalue weighted by Gasteiger charge is 2.57. The molecule has 1 unspecified atom stereocenters. The van der Waals surface area contributed by atoms with Crippen molar-refractivity contribution in [1.29, 1.82) is 0 Å². The molecule has 2 aliphatic carbocycles. The van der Waals surface area contributed by atoms with Crippen molar-refractivity contribution in [3.05, 3.63) is 95.1 Å². The van der Waals surface area contributed by atoms with E-state index in [0.717, 1.165) is 37.0 Å². The van der Waals surface area contributed by atoms with Crippen LogP contribution < -0.4 is 14.2 Å². The lowest BCUT2D eigenvalue weighted by Gasteiger charge is -2.42. The first kappa shape index (κ1) is 28.2. The molecule has 0 saturated heterocycles. The van der Waals surface area contributed by atoms with E-state index in [1.807, 2.05) is 57.2 Å². The normalized spacial score (nSPS) is 23.6. The van der Waals surface area contributed by atoms with E-state index >= 15 is 0 Å². The van der Waals surface area contributed by atoms with Gasteiger partial charge in [0.1, 0.15) is 17.1 Å². The van der Waals surface area contributed by atoms with Crippen LogP contribution in [0.3, 0.4) is 0 Å². The summed E-state index contributed by atoms with van der Waals surface area (Å²) < 4.78 is 51.9. The van der Waals surface area contributed by atoms with Gasteiger partial charge < -0.3 is 9.29 Å². The first-order valence-electron chi connectivity index (χ1n) is 13.6. The Balaban J connectivity index is 1.56. The molecule has 2 N–H and O–H groups in total. The Kier molecular flexibility index (Phi) is 7.87. The third-order valence-electron chi connectivity index (χ3n) is 8.22. The lowest BCUT2D eigenvalue weighted by atomic mass is 9.74. The van der Waals surface area contributed by atoms with E-state index in [4.69, 9.17) is 4.74 Å². The monoisotopic (exact) mass is 566 g/mol. The Morgan fingerprint density at radius 2 is 1.59 bits per heavy atom. The predicted molar refractivity (Wildman–Crippen MR) is 156 cm³/mol. The van der Waals surface area contributed by atoms with Crippen LogP contribution in [0.5, 0.6) is 5.75 Å². The molecule has 0 heterocycles. The minimum absolute atomic E-state index is 0.0626. The summed E-state index contributed by atoms with van der Waals surface area (Å²) >= 11 is -1.40. The summed E-state index contributed by atoms with van der Waals surface area (Å²) in [6, 6.07) is 23.6. The highest BCUT2D eigenvalue weighted by Crippen LogP contribution is 2.55. The van der Waals surface area contributed by atoms with Crippen molar-refractivity contribution in [2.24, 2.45) is 11.8 Å². The fourth-order valence-electron chi connectivity index (χ4n) is 6.19. The van der Waals surface area contributed by atoms with Gasteiger partial charge in [-0.2, -0.15) is 0 Å². The van der Waals surface area contributed by atoms with Crippen LogP contribution in [0.25, 0.3) is 0 Å². The van der Waals surface area contributed by atoms with E-state index in [-0.39, 0.29) is 16.7 Å². The number of hydrogen-bond acceptors (Lipinski definition) is 5. The van der Waals surface area contributed by atoms with Crippen molar-refractivity contribution < 1.29 is 17.7 Å². The van der Waals surface area contributed by atoms with Gasteiger partial charge in [-0.1, -0.05) is 54.6 Å². The van der Waals surface area contributed by atoms with Crippen molar-refractivity contribution in [3.8, 4) is 5.75 Å². The van der Waals surface area contributed by atoms with Gasteiger partial charge in [0, 0.05) is 11.4 Å². The molecule has 0 spiro atoms. The summed E-state index contributed by atoms with van der Waals surface area (Å²) in [5, 5.41) is 0. The van der Waals surface area contributed by atoms with Crippen LogP contribution in [0.1, 0.15) is 55.9 Å². The topological polar surface area (TPSA) is 90.5 Å². The van der Waals surface area contributed by atoms with Crippen LogP contribution in [0.2, 0.25) is 0 Å².